The minimum atomic E-state index is -4.51. The molecule has 0 aliphatic carbocycles. The molecular formula is C10H9F3N2O2. The summed E-state index contributed by atoms with van der Waals surface area (Å²) in [4.78, 5) is 24.9. The maximum absolute atomic E-state index is 12.2. The van der Waals surface area contributed by atoms with Gasteiger partial charge in [0.05, 0.1) is 18.3 Å². The van der Waals surface area contributed by atoms with Gasteiger partial charge in [0.15, 0.2) is 0 Å². The van der Waals surface area contributed by atoms with E-state index >= 15 is 0 Å². The highest BCUT2D eigenvalue weighted by Crippen LogP contribution is 2.27. The molecule has 0 atom stereocenters. The zero-order valence-corrected chi connectivity index (χ0v) is 8.84. The number of nitrogens with zero attached hydrogens (tertiary/aromatic N) is 1. The van der Waals surface area contributed by atoms with Crippen molar-refractivity contribution < 1.29 is 22.8 Å². The molecule has 1 N–H and O–H groups in total. The molecule has 92 valence electrons. The van der Waals surface area contributed by atoms with Crippen LogP contribution in [0.1, 0.15) is 19.0 Å². The SMILES string of the molecule is CC(=O)CC(=O)Nc1ccc(C(F)(F)F)nc1. The first kappa shape index (κ1) is 13.1. The van der Waals surface area contributed by atoms with Crippen LogP contribution in [0.3, 0.4) is 0 Å². The number of Topliss-reactive ketones (excluding diaryl/α,β-unsaturated/α-hetero) is 1. The molecule has 17 heavy (non-hydrogen) atoms. The number of carbonyl (C=O) groups is 2. The second-order valence-electron chi connectivity index (χ2n) is 3.36. The second-order valence-corrected chi connectivity index (χ2v) is 3.36. The number of carbonyl (C=O) groups excluding carboxylic acids is 2. The molecule has 0 spiro atoms. The largest absolute Gasteiger partial charge is 0.433 e. The predicted molar refractivity (Wildman–Crippen MR) is 53.2 cm³/mol. The van der Waals surface area contributed by atoms with Crippen LogP contribution in [0.4, 0.5) is 18.9 Å². The third-order valence-corrected chi connectivity index (χ3v) is 1.75. The topological polar surface area (TPSA) is 59.1 Å². The highest BCUT2D eigenvalue weighted by atomic mass is 19.4. The number of ketones is 1. The average molecular weight is 246 g/mol. The van der Waals surface area contributed by atoms with Gasteiger partial charge in [-0.15, -0.1) is 0 Å². The van der Waals surface area contributed by atoms with E-state index < -0.39 is 17.8 Å². The van der Waals surface area contributed by atoms with Crippen molar-refractivity contribution in [3.8, 4) is 0 Å². The Morgan fingerprint density at radius 3 is 2.41 bits per heavy atom. The smallest absolute Gasteiger partial charge is 0.324 e. The van der Waals surface area contributed by atoms with Crippen molar-refractivity contribution >= 4 is 17.4 Å². The lowest BCUT2D eigenvalue weighted by atomic mass is 10.3. The number of halogens is 3. The highest BCUT2D eigenvalue weighted by Gasteiger charge is 2.32. The van der Waals surface area contributed by atoms with E-state index in [0.29, 0.717) is 0 Å². The van der Waals surface area contributed by atoms with E-state index in [-0.39, 0.29) is 17.9 Å². The molecule has 1 rings (SSSR count). The molecule has 0 fully saturated rings. The molecule has 4 nitrogen and oxygen atoms in total. The quantitative estimate of drug-likeness (QED) is 0.830. The zero-order chi connectivity index (χ0) is 13.1. The lowest BCUT2D eigenvalue weighted by molar-refractivity contribution is -0.141. The fraction of sp³-hybridized carbons (Fsp3) is 0.300. The van der Waals surface area contributed by atoms with Crippen molar-refractivity contribution in [3.05, 3.63) is 24.0 Å². The summed E-state index contributed by atoms with van der Waals surface area (Å²) in [5.41, 5.74) is -0.925. The van der Waals surface area contributed by atoms with Crippen molar-refractivity contribution in [2.45, 2.75) is 19.5 Å². The minimum absolute atomic E-state index is 0.115. The van der Waals surface area contributed by atoms with Crippen LogP contribution in [-0.4, -0.2) is 16.7 Å². The third kappa shape index (κ3) is 4.21. The minimum Gasteiger partial charge on any atom is -0.324 e. The lowest BCUT2D eigenvalue weighted by Gasteiger charge is -2.07. The van der Waals surface area contributed by atoms with E-state index in [1.165, 1.54) is 6.92 Å². The maximum Gasteiger partial charge on any atom is 0.433 e. The number of rotatable bonds is 3. The number of nitrogens with one attached hydrogen (secondary N) is 1. The molecule has 0 saturated heterocycles. The Kier molecular flexibility index (Phi) is 3.82. The van der Waals surface area contributed by atoms with Crippen LogP contribution < -0.4 is 5.32 Å². The summed E-state index contributed by atoms with van der Waals surface area (Å²) >= 11 is 0. The molecule has 1 heterocycles. The van der Waals surface area contributed by atoms with Crippen molar-refractivity contribution in [3.63, 3.8) is 0 Å². The Balaban J connectivity index is 2.69. The van der Waals surface area contributed by atoms with Gasteiger partial charge in [-0.1, -0.05) is 0 Å². The summed E-state index contributed by atoms with van der Waals surface area (Å²) < 4.78 is 36.5. The summed E-state index contributed by atoms with van der Waals surface area (Å²) in [6, 6.07) is 1.83. The van der Waals surface area contributed by atoms with Gasteiger partial charge in [0.2, 0.25) is 5.91 Å². The fourth-order valence-electron chi connectivity index (χ4n) is 1.07. The number of alkyl halides is 3. The van der Waals surface area contributed by atoms with E-state index in [9.17, 15) is 22.8 Å². The number of aromatic nitrogens is 1. The Morgan fingerprint density at radius 1 is 1.35 bits per heavy atom. The van der Waals surface area contributed by atoms with Gasteiger partial charge in [-0.2, -0.15) is 13.2 Å². The van der Waals surface area contributed by atoms with Crippen molar-refractivity contribution in [1.82, 2.24) is 4.98 Å². The molecular weight excluding hydrogens is 237 g/mol. The monoisotopic (exact) mass is 246 g/mol. The van der Waals surface area contributed by atoms with Crippen molar-refractivity contribution in [2.75, 3.05) is 5.32 Å². The maximum atomic E-state index is 12.2. The third-order valence-electron chi connectivity index (χ3n) is 1.75. The van der Waals surface area contributed by atoms with Crippen LogP contribution in [0, 0.1) is 0 Å². The Labute approximate surface area is 94.8 Å². The fourth-order valence-corrected chi connectivity index (χ4v) is 1.07. The van der Waals surface area contributed by atoms with Gasteiger partial charge in [-0.25, -0.2) is 4.98 Å². The van der Waals surface area contributed by atoms with E-state index in [0.717, 1.165) is 18.3 Å². The molecule has 7 heteroatoms. The first-order valence-electron chi connectivity index (χ1n) is 4.61. The molecule has 0 saturated carbocycles. The first-order chi connectivity index (χ1) is 7.79. The molecule has 0 bridgehead atoms. The van der Waals surface area contributed by atoms with Gasteiger partial charge in [-0.3, -0.25) is 9.59 Å². The van der Waals surface area contributed by atoms with Gasteiger partial charge in [0, 0.05) is 0 Å². The molecule has 1 aromatic rings. The summed E-state index contributed by atoms with van der Waals surface area (Å²) in [5, 5.41) is 2.26. The van der Waals surface area contributed by atoms with Gasteiger partial charge in [-0.05, 0) is 19.1 Å². The van der Waals surface area contributed by atoms with Crippen molar-refractivity contribution in [1.29, 1.82) is 0 Å². The molecule has 1 amide bonds. The van der Waals surface area contributed by atoms with E-state index in [2.05, 4.69) is 10.3 Å². The summed E-state index contributed by atoms with van der Waals surface area (Å²) in [6.45, 7) is 1.24. The van der Waals surface area contributed by atoms with E-state index in [1.54, 1.807) is 0 Å². The Morgan fingerprint density at radius 2 is 2.00 bits per heavy atom. The molecule has 0 aliphatic rings. The van der Waals surface area contributed by atoms with Crippen LogP contribution in [0.25, 0.3) is 0 Å². The Hall–Kier alpha value is -1.92. The molecule has 0 unspecified atom stereocenters. The molecule has 0 radical (unpaired) electrons. The number of hydrogen-bond donors (Lipinski definition) is 1. The summed E-state index contributed by atoms with van der Waals surface area (Å²) in [7, 11) is 0. The summed E-state index contributed by atoms with van der Waals surface area (Å²) in [5.74, 6) is -0.915. The number of pyridine rings is 1. The molecule has 0 aromatic carbocycles. The second kappa shape index (κ2) is 4.94. The molecule has 1 aromatic heterocycles. The van der Waals surface area contributed by atoms with Gasteiger partial charge < -0.3 is 5.32 Å². The summed E-state index contributed by atoms with van der Waals surface area (Å²) in [6.07, 6.45) is -3.94. The van der Waals surface area contributed by atoms with Crippen LogP contribution in [-0.2, 0) is 15.8 Å². The lowest BCUT2D eigenvalue weighted by Crippen LogP contribution is -2.15. The van der Waals surface area contributed by atoms with E-state index in [4.69, 9.17) is 0 Å². The van der Waals surface area contributed by atoms with Gasteiger partial charge >= 0.3 is 6.18 Å². The molecule has 0 aliphatic heterocycles. The predicted octanol–water partition coefficient (Wildman–Crippen LogP) is 2.02. The average Bonchev–Trinajstić information content (AvgIpc) is 2.15. The zero-order valence-electron chi connectivity index (χ0n) is 8.84. The number of amides is 1. The standard InChI is InChI=1S/C10H9F3N2O2/c1-6(16)4-9(17)15-7-2-3-8(14-5-7)10(11,12)13/h2-3,5H,4H2,1H3,(H,15,17). The Bertz CT molecular complexity index is 426. The van der Waals surface area contributed by atoms with Crippen molar-refractivity contribution in [2.24, 2.45) is 0 Å². The van der Waals surface area contributed by atoms with Crippen LogP contribution in [0.2, 0.25) is 0 Å². The van der Waals surface area contributed by atoms with E-state index in [1.807, 2.05) is 0 Å². The highest BCUT2D eigenvalue weighted by molar-refractivity contribution is 6.03. The normalized spacial score (nSPS) is 11.1. The van der Waals surface area contributed by atoms with Crippen LogP contribution in [0.5, 0.6) is 0 Å². The van der Waals surface area contributed by atoms with Crippen LogP contribution >= 0.6 is 0 Å². The first-order valence-corrected chi connectivity index (χ1v) is 4.61. The number of hydrogen-bond acceptors (Lipinski definition) is 3. The van der Waals surface area contributed by atoms with Crippen LogP contribution in [0.15, 0.2) is 18.3 Å². The van der Waals surface area contributed by atoms with Gasteiger partial charge in [0.1, 0.15) is 11.5 Å². The van der Waals surface area contributed by atoms with Gasteiger partial charge in [0.25, 0.3) is 0 Å². The number of anilines is 1.